The van der Waals surface area contributed by atoms with E-state index in [2.05, 4.69) is 26.3 Å². The van der Waals surface area contributed by atoms with E-state index in [0.29, 0.717) is 40.8 Å². The van der Waals surface area contributed by atoms with E-state index >= 15 is 0 Å². The van der Waals surface area contributed by atoms with Crippen LogP contribution in [0.25, 0.3) is 11.3 Å². The minimum atomic E-state index is -0.680. The summed E-state index contributed by atoms with van der Waals surface area (Å²) in [5, 5.41) is 12.7. The Morgan fingerprint density at radius 3 is 2.25 bits per heavy atom. The monoisotopic (exact) mass is 616 g/mol. The normalized spacial score (nSPS) is 18.3. The Kier molecular flexibility index (Phi) is 10.4. The summed E-state index contributed by atoms with van der Waals surface area (Å²) >= 11 is 1.17. The number of hydrogen-bond acceptors (Lipinski definition) is 7. The molecule has 3 aromatic rings. The van der Waals surface area contributed by atoms with Gasteiger partial charge in [0, 0.05) is 17.7 Å². The molecule has 1 saturated heterocycles. The van der Waals surface area contributed by atoms with Gasteiger partial charge >= 0.3 is 0 Å². The number of amides is 4. The van der Waals surface area contributed by atoms with Crippen molar-refractivity contribution in [1.29, 1.82) is 0 Å². The van der Waals surface area contributed by atoms with Gasteiger partial charge in [0.15, 0.2) is 5.13 Å². The zero-order chi connectivity index (χ0) is 31.1. The molecule has 2 fully saturated rings. The third-order valence-electron chi connectivity index (χ3n) is 8.52. The number of likely N-dealkylation sites (N-methyl/N-ethyl adjacent to an activating group) is 1. The second-order valence-corrected chi connectivity index (χ2v) is 12.5. The fraction of sp³-hybridized carbons (Fsp3) is 0.424. The molecule has 10 nitrogen and oxygen atoms in total. The van der Waals surface area contributed by atoms with Crippen LogP contribution in [0.5, 0.6) is 0 Å². The molecule has 0 radical (unpaired) electrons. The van der Waals surface area contributed by atoms with Crippen molar-refractivity contribution in [1.82, 2.24) is 20.5 Å². The van der Waals surface area contributed by atoms with Crippen molar-refractivity contribution in [2.75, 3.05) is 24.2 Å². The molecule has 3 atom stereocenters. The van der Waals surface area contributed by atoms with E-state index < -0.39 is 18.1 Å². The smallest absolute Gasteiger partial charge is 0.257 e. The first-order valence-corrected chi connectivity index (χ1v) is 16.2. The quantitative estimate of drug-likeness (QED) is 0.262. The molecule has 4 N–H and O–H groups in total. The molecule has 0 spiro atoms. The van der Waals surface area contributed by atoms with Gasteiger partial charge in [-0.3, -0.25) is 24.5 Å². The van der Waals surface area contributed by atoms with Crippen molar-refractivity contribution in [3.63, 3.8) is 0 Å². The Labute approximate surface area is 262 Å². The minimum absolute atomic E-state index is 0.0375. The van der Waals surface area contributed by atoms with Crippen LogP contribution < -0.4 is 21.3 Å². The van der Waals surface area contributed by atoms with Gasteiger partial charge in [-0.1, -0.05) is 79.1 Å². The van der Waals surface area contributed by atoms with Crippen LogP contribution in [-0.4, -0.2) is 65.2 Å². The van der Waals surface area contributed by atoms with Crippen LogP contribution >= 0.6 is 11.3 Å². The number of anilines is 2. The summed E-state index contributed by atoms with van der Waals surface area (Å²) in [7, 11) is 1.71. The second kappa shape index (κ2) is 14.6. The van der Waals surface area contributed by atoms with Gasteiger partial charge < -0.3 is 20.9 Å². The summed E-state index contributed by atoms with van der Waals surface area (Å²) in [5.74, 6) is -0.994. The number of carbonyl (C=O) groups is 4. The van der Waals surface area contributed by atoms with Crippen LogP contribution in [0.2, 0.25) is 0 Å². The zero-order valence-electron chi connectivity index (χ0n) is 25.2. The Bertz CT molecular complexity index is 1460. The molecule has 1 aliphatic carbocycles. The maximum atomic E-state index is 14.1. The molecule has 2 aromatic carbocycles. The number of aromatic nitrogens is 1. The van der Waals surface area contributed by atoms with Crippen LogP contribution in [0, 0.1) is 5.92 Å². The van der Waals surface area contributed by atoms with E-state index in [9.17, 15) is 19.2 Å². The predicted octanol–water partition coefficient (Wildman–Crippen LogP) is 4.66. The van der Waals surface area contributed by atoms with Gasteiger partial charge in [0.2, 0.25) is 17.7 Å². The maximum Gasteiger partial charge on any atom is 0.257 e. The van der Waals surface area contributed by atoms with Gasteiger partial charge in [0.25, 0.3) is 5.91 Å². The Morgan fingerprint density at radius 2 is 1.57 bits per heavy atom. The van der Waals surface area contributed by atoms with E-state index in [-0.39, 0.29) is 29.5 Å². The third kappa shape index (κ3) is 7.34. The summed E-state index contributed by atoms with van der Waals surface area (Å²) in [4.78, 5) is 59.9. The van der Waals surface area contributed by atoms with Gasteiger partial charge in [-0.25, -0.2) is 4.98 Å². The summed E-state index contributed by atoms with van der Waals surface area (Å²) in [6.45, 7) is 2.21. The molecule has 232 valence electrons. The molecule has 5 rings (SSSR count). The third-order valence-corrected chi connectivity index (χ3v) is 9.40. The van der Waals surface area contributed by atoms with Crippen LogP contribution in [0.4, 0.5) is 10.1 Å². The molecular formula is C33H40N6O4S. The van der Waals surface area contributed by atoms with Crippen molar-refractivity contribution in [3.8, 4) is 11.3 Å². The number of carbonyl (C=O) groups excluding carboxylic acids is 4. The average molecular weight is 617 g/mol. The Balaban J connectivity index is 1.36. The molecule has 4 amide bonds. The van der Waals surface area contributed by atoms with E-state index in [4.69, 9.17) is 0 Å². The van der Waals surface area contributed by atoms with Gasteiger partial charge in [0.1, 0.15) is 22.8 Å². The average Bonchev–Trinajstić information content (AvgIpc) is 3.71. The molecular weight excluding hydrogens is 576 g/mol. The van der Waals surface area contributed by atoms with Crippen LogP contribution in [0.3, 0.4) is 0 Å². The minimum Gasteiger partial charge on any atom is -0.343 e. The lowest BCUT2D eigenvalue weighted by Gasteiger charge is -2.35. The first kappa shape index (κ1) is 31.3. The van der Waals surface area contributed by atoms with Crippen LogP contribution in [-0.2, 0) is 14.4 Å². The maximum absolute atomic E-state index is 14.1. The largest absolute Gasteiger partial charge is 0.343 e. The standard InChI is InChI=1S/C33H40N6O4S/c1-21(34-2)28(40)35-27(23-15-8-4-9-16-23)32(43)39-20-12-19-25(39)30(42)37-31-26(22-13-6-3-7-14-22)36-33(44-31)38-29(41)24-17-10-5-11-18-24/h3,5-7,10-11,13-14,17-18,21,23,25,27,34H,4,8-9,12,15-16,19-20H2,1-2H3,(H,35,40)(H,37,42)(H,36,38,41)/t21-,25-,27-/m0/s1. The molecule has 1 aromatic heterocycles. The molecule has 11 heteroatoms. The molecule has 2 aliphatic rings. The van der Waals surface area contributed by atoms with Gasteiger partial charge in [0.05, 0.1) is 6.04 Å². The number of benzene rings is 2. The number of hydrogen-bond donors (Lipinski definition) is 4. The van der Waals surface area contributed by atoms with Crippen LogP contribution in [0.15, 0.2) is 60.7 Å². The van der Waals surface area contributed by atoms with Gasteiger partial charge in [-0.05, 0) is 57.7 Å². The number of nitrogens with one attached hydrogen (secondary N) is 4. The fourth-order valence-electron chi connectivity index (χ4n) is 5.94. The van der Waals surface area contributed by atoms with Crippen molar-refractivity contribution in [2.45, 2.75) is 70.0 Å². The topological polar surface area (TPSA) is 133 Å². The lowest BCUT2D eigenvalue weighted by molar-refractivity contribution is -0.142. The van der Waals surface area contributed by atoms with E-state index in [1.807, 2.05) is 36.4 Å². The zero-order valence-corrected chi connectivity index (χ0v) is 26.0. The summed E-state index contributed by atoms with van der Waals surface area (Å²) in [5.41, 5.74) is 1.83. The number of likely N-dealkylation sites (tertiary alicyclic amines) is 1. The van der Waals surface area contributed by atoms with Gasteiger partial charge in [-0.2, -0.15) is 0 Å². The first-order valence-electron chi connectivity index (χ1n) is 15.4. The van der Waals surface area contributed by atoms with Crippen molar-refractivity contribution < 1.29 is 19.2 Å². The fourth-order valence-corrected chi connectivity index (χ4v) is 6.83. The summed E-state index contributed by atoms with van der Waals surface area (Å²) in [6, 6.07) is 16.5. The molecule has 0 bridgehead atoms. The number of nitrogens with zero attached hydrogens (tertiary/aromatic N) is 2. The number of thiazole rings is 1. The highest BCUT2D eigenvalue weighted by atomic mass is 32.1. The van der Waals surface area contributed by atoms with E-state index in [0.717, 1.165) is 37.7 Å². The Morgan fingerprint density at radius 1 is 0.886 bits per heavy atom. The first-order chi connectivity index (χ1) is 21.4. The highest BCUT2D eigenvalue weighted by Crippen LogP contribution is 2.37. The second-order valence-electron chi connectivity index (χ2n) is 11.5. The van der Waals surface area contributed by atoms with E-state index in [1.54, 1.807) is 43.1 Å². The predicted molar refractivity (Wildman–Crippen MR) is 172 cm³/mol. The van der Waals surface area contributed by atoms with E-state index in [1.165, 1.54) is 11.3 Å². The van der Waals surface area contributed by atoms with Gasteiger partial charge in [-0.15, -0.1) is 0 Å². The van der Waals surface area contributed by atoms with Crippen LogP contribution in [0.1, 0.15) is 62.2 Å². The van der Waals surface area contributed by atoms with Crippen molar-refractivity contribution in [3.05, 3.63) is 66.2 Å². The molecule has 2 heterocycles. The molecule has 1 aliphatic heterocycles. The SMILES string of the molecule is CN[C@@H](C)C(=O)N[C@H](C(=O)N1CCC[C@H]1C(=O)Nc1sc(NC(=O)c2ccccc2)nc1-c1ccccc1)C1CCCCC1. The van der Waals surface area contributed by atoms with Crippen molar-refractivity contribution in [2.24, 2.45) is 5.92 Å². The summed E-state index contributed by atoms with van der Waals surface area (Å²) < 4.78 is 0. The van der Waals surface area contributed by atoms with Crippen molar-refractivity contribution >= 4 is 45.1 Å². The number of rotatable bonds is 10. The molecule has 0 unspecified atom stereocenters. The lowest BCUT2D eigenvalue weighted by Crippen LogP contribution is -2.57. The highest BCUT2D eigenvalue weighted by molar-refractivity contribution is 7.20. The Hall–Kier alpha value is -4.09. The molecule has 44 heavy (non-hydrogen) atoms. The molecule has 1 saturated carbocycles. The highest BCUT2D eigenvalue weighted by Gasteiger charge is 2.41. The lowest BCUT2D eigenvalue weighted by atomic mass is 9.83. The summed E-state index contributed by atoms with van der Waals surface area (Å²) in [6.07, 6.45) is 6.11.